The Morgan fingerprint density at radius 3 is 0.582 bits per heavy atom. The molecule has 15 heteroatoms. The first-order valence-electron chi connectivity index (χ1n) is 20.6. The molecule has 347 valence electrons. The third kappa shape index (κ3) is 21.8. The van der Waals surface area contributed by atoms with E-state index >= 15 is 0 Å². The Bertz CT molecular complexity index is 1980. The van der Waals surface area contributed by atoms with Crippen LogP contribution in [0.4, 0.5) is 0 Å². The van der Waals surface area contributed by atoms with Gasteiger partial charge in [-0.2, -0.15) is 0 Å². The fourth-order valence-electron chi connectivity index (χ4n) is 6.89. The van der Waals surface area contributed by atoms with Crippen molar-refractivity contribution in [3.05, 3.63) is 243 Å². The van der Waals surface area contributed by atoms with E-state index in [1.165, 1.54) is 44.0 Å². The van der Waals surface area contributed by atoms with Crippen molar-refractivity contribution in [2.75, 3.05) is 12.3 Å². The van der Waals surface area contributed by atoms with Crippen molar-refractivity contribution in [3.63, 3.8) is 0 Å². The molecule has 0 spiro atoms. The maximum atomic E-state index is 8.49. The molecule has 0 aromatic heterocycles. The van der Waals surface area contributed by atoms with Crippen LogP contribution in [-0.2, 0) is 16.8 Å². The van der Waals surface area contributed by atoms with Gasteiger partial charge in [0.25, 0.3) is 0 Å². The van der Waals surface area contributed by atoms with Gasteiger partial charge in [-0.05, 0) is 0 Å². The summed E-state index contributed by atoms with van der Waals surface area (Å²) in [4.78, 5) is 0. The van der Waals surface area contributed by atoms with Crippen LogP contribution < -0.4 is 75.9 Å². The number of hydrogen-bond donors (Lipinski definition) is 0. The van der Waals surface area contributed by atoms with E-state index in [1.807, 2.05) is 0 Å². The molecule has 0 aliphatic carbocycles. The van der Waals surface area contributed by atoms with E-state index in [4.69, 9.17) is 37.3 Å². The molecule has 0 heterocycles. The topological polar surface area (TPSA) is 184 Å². The van der Waals surface area contributed by atoms with Gasteiger partial charge in [0.05, 0.1) is 0 Å². The molecule has 0 saturated heterocycles. The van der Waals surface area contributed by atoms with Gasteiger partial charge in [-0.1, -0.05) is 0 Å². The van der Waals surface area contributed by atoms with Crippen LogP contribution in [0.15, 0.2) is 243 Å². The SMILES string of the molecule is [Co+2].[O-][Cl+3]([O-])([O-])[O-].[O-][Cl+3]([O-])([O-])[O-].c1ccc(P(CC[As](c2ccccc2)c2ccccc2)c2ccccc2)cc1.c1ccc(P(CC[As](c2ccccc2)c2ccccc2)c2ccccc2)cc1. The van der Waals surface area contributed by atoms with Crippen molar-refractivity contribution in [3.8, 4) is 0 Å². The van der Waals surface area contributed by atoms with Gasteiger partial charge >= 0.3 is 366 Å². The van der Waals surface area contributed by atoms with Crippen molar-refractivity contribution in [2.24, 2.45) is 0 Å². The quantitative estimate of drug-likeness (QED) is 0.102. The van der Waals surface area contributed by atoms with Crippen molar-refractivity contribution in [2.45, 2.75) is 10.4 Å². The summed E-state index contributed by atoms with van der Waals surface area (Å²) in [6.07, 6.45) is 2.49. The van der Waals surface area contributed by atoms with Crippen molar-refractivity contribution in [1.29, 1.82) is 0 Å². The first kappa shape index (κ1) is 56.1. The summed E-state index contributed by atoms with van der Waals surface area (Å²) in [7, 11) is -10.5. The monoisotopic (exact) mass is 1140 g/mol. The molecule has 0 amide bonds. The van der Waals surface area contributed by atoms with Gasteiger partial charge in [0.2, 0.25) is 0 Å². The molecule has 8 aromatic rings. The van der Waals surface area contributed by atoms with Gasteiger partial charge in [-0.25, -0.2) is 37.3 Å². The predicted molar refractivity (Wildman–Crippen MR) is 253 cm³/mol. The first-order chi connectivity index (χ1) is 31.8. The number of benzene rings is 8. The van der Waals surface area contributed by atoms with E-state index in [2.05, 4.69) is 243 Å². The van der Waals surface area contributed by atoms with Crippen LogP contribution in [0, 0.1) is 20.5 Å². The van der Waals surface area contributed by atoms with Gasteiger partial charge in [0, 0.05) is 0 Å². The third-order valence-corrected chi connectivity index (χ3v) is 26.7. The molecule has 0 atom stereocenters. The van der Waals surface area contributed by atoms with E-state index < -0.39 is 49.8 Å². The zero-order chi connectivity index (χ0) is 47.0. The third-order valence-electron chi connectivity index (χ3n) is 9.64. The maximum absolute atomic E-state index is 8.49. The molecule has 8 nitrogen and oxygen atoms in total. The van der Waals surface area contributed by atoms with Crippen LogP contribution in [0.3, 0.4) is 0 Å². The summed E-state index contributed by atoms with van der Waals surface area (Å²) in [6.45, 7) is 0. The van der Waals surface area contributed by atoms with Gasteiger partial charge in [-0.3, -0.25) is 0 Å². The summed E-state index contributed by atoms with van der Waals surface area (Å²) < 4.78 is 74.2. The summed E-state index contributed by atoms with van der Waals surface area (Å²) in [5.74, 6) is 0. The van der Waals surface area contributed by atoms with E-state index in [0.29, 0.717) is 0 Å². The molecule has 8 aromatic carbocycles. The van der Waals surface area contributed by atoms with E-state index in [9.17, 15) is 0 Å². The minimum atomic E-state index is -4.94. The van der Waals surface area contributed by atoms with Crippen LogP contribution in [0.25, 0.3) is 0 Å². The van der Waals surface area contributed by atoms with E-state index in [1.54, 1.807) is 17.4 Å². The number of rotatable bonds is 14. The Hall–Kier alpha value is -3.50. The molecule has 8 rings (SSSR count). The average molecular weight is 1140 g/mol. The molecular weight excluding hydrogens is 1090 g/mol. The van der Waals surface area contributed by atoms with Crippen LogP contribution >= 0.6 is 15.8 Å². The molecule has 67 heavy (non-hydrogen) atoms. The van der Waals surface area contributed by atoms with Crippen molar-refractivity contribution >= 4 is 83.8 Å². The molecule has 0 N–H and O–H groups in total. The molecule has 0 aliphatic rings. The fraction of sp³-hybridized carbons (Fsp3) is 0.0769. The average Bonchev–Trinajstić information content (AvgIpc) is 3.33. The zero-order valence-electron chi connectivity index (χ0n) is 36.1. The van der Waals surface area contributed by atoms with Gasteiger partial charge in [-0.15, -0.1) is 20.5 Å². The normalized spacial score (nSPS) is 11.0. The van der Waals surface area contributed by atoms with Crippen molar-refractivity contribution < 1.29 is 74.5 Å². The summed E-state index contributed by atoms with van der Waals surface area (Å²) in [5, 5.41) is 8.52. The molecule has 1 radical (unpaired) electrons. The van der Waals surface area contributed by atoms with Gasteiger partial charge < -0.3 is 0 Å². The second-order valence-corrected chi connectivity index (χ2v) is 30.0. The number of hydrogen-bond acceptors (Lipinski definition) is 8. The van der Waals surface area contributed by atoms with Crippen LogP contribution in [0.2, 0.25) is 10.4 Å². The Morgan fingerprint density at radius 2 is 0.418 bits per heavy atom. The Kier molecular flexibility index (Phi) is 25.3. The van der Waals surface area contributed by atoms with Gasteiger partial charge in [0.1, 0.15) is 0 Å². The Labute approximate surface area is 420 Å². The first-order valence-corrected chi connectivity index (χ1v) is 32.5. The summed E-state index contributed by atoms with van der Waals surface area (Å²) in [6, 6.07) is 89.1. The molecule has 0 aliphatic heterocycles. The molecular formula is C52H48As2Cl2CoO8P2. The molecule has 0 unspecified atom stereocenters. The van der Waals surface area contributed by atoms with Gasteiger partial charge in [0.15, 0.2) is 0 Å². The standard InChI is InChI=1S/2C26H24AsP.2ClHO4.Co/c2*1-5-13-23(14-6-1)27(24-15-7-2-8-16-24)21-22-28(25-17-9-3-10-18-25)26-19-11-4-12-20-26;2*2-1(3,4)5;/h2*1-20H,21-22H2;2*(H,2,3,4,5);/q;;;;+2/p-2. The van der Waals surface area contributed by atoms with Crippen LogP contribution in [0.5, 0.6) is 0 Å². The fourth-order valence-corrected chi connectivity index (χ4v) is 24.4. The molecule has 0 fully saturated rings. The molecule has 0 bridgehead atoms. The van der Waals surface area contributed by atoms with Crippen molar-refractivity contribution in [1.82, 2.24) is 0 Å². The Morgan fingerprint density at radius 1 is 0.269 bits per heavy atom. The predicted octanol–water partition coefficient (Wildman–Crippen LogP) is -0.658. The van der Waals surface area contributed by atoms with Crippen LogP contribution in [0.1, 0.15) is 0 Å². The zero-order valence-corrected chi connectivity index (χ0v) is 44.2. The van der Waals surface area contributed by atoms with E-state index in [-0.39, 0.29) is 32.6 Å². The number of halogens is 2. The molecule has 0 saturated carbocycles. The van der Waals surface area contributed by atoms with Crippen LogP contribution in [-0.4, -0.2) is 41.6 Å². The second kappa shape index (κ2) is 30.2. The van der Waals surface area contributed by atoms with E-state index in [0.717, 1.165) is 0 Å². The minimum absolute atomic E-state index is 0. The Balaban J connectivity index is 0.000000241. The summed E-state index contributed by atoms with van der Waals surface area (Å²) >= 11 is -2.64. The second-order valence-electron chi connectivity index (χ2n) is 14.0. The summed E-state index contributed by atoms with van der Waals surface area (Å²) in [5.41, 5.74) is 0.